The van der Waals surface area contributed by atoms with Crippen LogP contribution in [0.5, 0.6) is 0 Å². The van der Waals surface area contributed by atoms with Gasteiger partial charge in [0.05, 0.1) is 24.2 Å². The summed E-state index contributed by atoms with van der Waals surface area (Å²) in [6, 6.07) is 6.34. The van der Waals surface area contributed by atoms with Gasteiger partial charge in [-0.2, -0.15) is 0 Å². The van der Waals surface area contributed by atoms with Crippen molar-refractivity contribution in [1.29, 1.82) is 0 Å². The Kier molecular flexibility index (Phi) is 5.03. The van der Waals surface area contributed by atoms with Crippen LogP contribution in [0.2, 0.25) is 0 Å². The third kappa shape index (κ3) is 4.17. The molecular formula is C18H23FN4O2. The van der Waals surface area contributed by atoms with E-state index in [4.69, 9.17) is 0 Å². The van der Waals surface area contributed by atoms with Crippen LogP contribution in [0.25, 0.3) is 0 Å². The van der Waals surface area contributed by atoms with Gasteiger partial charge in [0.2, 0.25) is 0 Å². The molecule has 1 aliphatic heterocycles. The summed E-state index contributed by atoms with van der Waals surface area (Å²) in [5, 5.41) is 13.6. The third-order valence-corrected chi connectivity index (χ3v) is 4.80. The normalized spacial score (nSPS) is 16.7. The minimum atomic E-state index is -0.971. The van der Waals surface area contributed by atoms with Crippen LogP contribution < -0.4 is 5.32 Å². The fraction of sp³-hybridized carbons (Fsp3) is 0.444. The minimum Gasteiger partial charge on any atom is -0.389 e. The Morgan fingerprint density at radius 2 is 2.08 bits per heavy atom. The highest BCUT2D eigenvalue weighted by molar-refractivity contribution is 5.74. The van der Waals surface area contributed by atoms with Crippen LogP contribution >= 0.6 is 0 Å². The van der Waals surface area contributed by atoms with Gasteiger partial charge in [0.15, 0.2) is 0 Å². The number of imidazole rings is 1. The summed E-state index contributed by atoms with van der Waals surface area (Å²) >= 11 is 0. The van der Waals surface area contributed by atoms with E-state index in [1.54, 1.807) is 35.6 Å². The van der Waals surface area contributed by atoms with Gasteiger partial charge in [0, 0.05) is 32.8 Å². The topological polar surface area (TPSA) is 70.4 Å². The van der Waals surface area contributed by atoms with Crippen molar-refractivity contribution in [3.05, 3.63) is 53.9 Å². The molecule has 25 heavy (non-hydrogen) atoms. The predicted octanol–water partition coefficient (Wildman–Crippen LogP) is 1.84. The number of halogens is 1. The summed E-state index contributed by atoms with van der Waals surface area (Å²) < 4.78 is 15.6. The van der Waals surface area contributed by atoms with Gasteiger partial charge < -0.3 is 19.9 Å². The molecule has 2 aromatic rings. The molecular weight excluding hydrogens is 323 g/mol. The number of likely N-dealkylation sites (tertiary alicyclic amines) is 1. The Morgan fingerprint density at radius 3 is 2.72 bits per heavy atom. The van der Waals surface area contributed by atoms with Crippen LogP contribution in [0.4, 0.5) is 9.18 Å². The fourth-order valence-corrected chi connectivity index (χ4v) is 3.13. The molecule has 2 amide bonds. The molecule has 1 aromatic heterocycles. The summed E-state index contributed by atoms with van der Waals surface area (Å²) in [4.78, 5) is 18.0. The third-order valence-electron chi connectivity index (χ3n) is 4.80. The lowest BCUT2D eigenvalue weighted by atomic mass is 9.85. The largest absolute Gasteiger partial charge is 0.389 e. The van der Waals surface area contributed by atoms with Crippen molar-refractivity contribution in [2.75, 3.05) is 13.1 Å². The molecule has 2 N–H and O–H groups in total. The number of nitrogens with one attached hydrogen (secondary N) is 1. The number of hydrogen-bond donors (Lipinski definition) is 2. The van der Waals surface area contributed by atoms with E-state index in [9.17, 15) is 14.3 Å². The first-order valence-corrected chi connectivity index (χ1v) is 8.41. The molecule has 0 aliphatic carbocycles. The van der Waals surface area contributed by atoms with E-state index in [0.29, 0.717) is 38.0 Å². The van der Waals surface area contributed by atoms with Crippen LogP contribution in [0, 0.1) is 5.82 Å². The van der Waals surface area contributed by atoms with Gasteiger partial charge in [-0.25, -0.2) is 14.2 Å². The van der Waals surface area contributed by atoms with E-state index in [2.05, 4.69) is 10.3 Å². The van der Waals surface area contributed by atoms with E-state index >= 15 is 0 Å². The molecule has 0 unspecified atom stereocenters. The molecule has 0 spiro atoms. The van der Waals surface area contributed by atoms with Gasteiger partial charge in [0.25, 0.3) is 0 Å². The SMILES string of the molecule is Cn1cncc1CNC(=O)N1CCC(O)(Cc2ccccc2F)CC1. The summed E-state index contributed by atoms with van der Waals surface area (Å²) in [7, 11) is 1.87. The smallest absolute Gasteiger partial charge is 0.317 e. The number of aryl methyl sites for hydroxylation is 1. The Hall–Kier alpha value is -2.41. The van der Waals surface area contributed by atoms with Crippen LogP contribution in [-0.4, -0.2) is 44.3 Å². The predicted molar refractivity (Wildman–Crippen MR) is 91.3 cm³/mol. The van der Waals surface area contributed by atoms with Crippen LogP contribution in [0.15, 0.2) is 36.8 Å². The average molecular weight is 346 g/mol. The second-order valence-corrected chi connectivity index (χ2v) is 6.63. The number of hydrogen-bond acceptors (Lipinski definition) is 3. The molecule has 6 nitrogen and oxygen atoms in total. The zero-order chi connectivity index (χ0) is 17.9. The highest BCUT2D eigenvalue weighted by Gasteiger charge is 2.34. The maximum absolute atomic E-state index is 13.8. The minimum absolute atomic E-state index is 0.158. The summed E-state index contributed by atoms with van der Waals surface area (Å²) in [6.45, 7) is 1.30. The van der Waals surface area contributed by atoms with E-state index in [1.165, 1.54) is 6.07 Å². The summed E-state index contributed by atoms with van der Waals surface area (Å²) in [5.41, 5.74) is 0.460. The highest BCUT2D eigenvalue weighted by Crippen LogP contribution is 2.27. The second-order valence-electron chi connectivity index (χ2n) is 6.63. The van der Waals surface area contributed by atoms with Crippen molar-refractivity contribution in [2.24, 2.45) is 7.05 Å². The Labute approximate surface area is 146 Å². The quantitative estimate of drug-likeness (QED) is 0.887. The van der Waals surface area contributed by atoms with Gasteiger partial charge in [-0.15, -0.1) is 0 Å². The van der Waals surface area contributed by atoms with Crippen LogP contribution in [0.1, 0.15) is 24.1 Å². The van der Waals surface area contributed by atoms with Crippen molar-refractivity contribution >= 4 is 6.03 Å². The van der Waals surface area contributed by atoms with Crippen LogP contribution in [-0.2, 0) is 20.0 Å². The molecule has 1 aromatic carbocycles. The molecule has 0 saturated carbocycles. The van der Waals surface area contributed by atoms with Gasteiger partial charge in [-0.1, -0.05) is 18.2 Å². The molecule has 0 atom stereocenters. The van der Waals surface area contributed by atoms with Gasteiger partial charge in [-0.05, 0) is 24.5 Å². The summed E-state index contributed by atoms with van der Waals surface area (Å²) in [6.07, 6.45) is 4.53. The maximum atomic E-state index is 13.8. The molecule has 1 fully saturated rings. The molecule has 7 heteroatoms. The van der Waals surface area contributed by atoms with Crippen molar-refractivity contribution in [3.63, 3.8) is 0 Å². The van der Waals surface area contributed by atoms with Crippen molar-refractivity contribution in [2.45, 2.75) is 31.4 Å². The molecule has 0 bridgehead atoms. The van der Waals surface area contributed by atoms with Gasteiger partial charge in [-0.3, -0.25) is 0 Å². The fourth-order valence-electron chi connectivity index (χ4n) is 3.13. The van der Waals surface area contributed by atoms with E-state index < -0.39 is 5.60 Å². The van der Waals surface area contributed by atoms with E-state index in [1.807, 2.05) is 11.6 Å². The summed E-state index contributed by atoms with van der Waals surface area (Å²) in [5.74, 6) is -0.299. The number of carbonyl (C=O) groups excluding carboxylic acids is 1. The number of nitrogens with zero attached hydrogens (tertiary/aromatic N) is 3. The molecule has 2 heterocycles. The second kappa shape index (κ2) is 7.23. The van der Waals surface area contributed by atoms with E-state index in [-0.39, 0.29) is 18.3 Å². The maximum Gasteiger partial charge on any atom is 0.317 e. The molecule has 3 rings (SSSR count). The van der Waals surface area contributed by atoms with Crippen molar-refractivity contribution in [3.8, 4) is 0 Å². The first kappa shape index (κ1) is 17.4. The number of benzene rings is 1. The van der Waals surface area contributed by atoms with E-state index in [0.717, 1.165) is 5.69 Å². The number of rotatable bonds is 4. The lowest BCUT2D eigenvalue weighted by Crippen LogP contribution is -2.50. The first-order valence-electron chi connectivity index (χ1n) is 8.41. The van der Waals surface area contributed by atoms with Gasteiger partial charge >= 0.3 is 6.03 Å². The number of piperidine rings is 1. The van der Waals surface area contributed by atoms with Crippen LogP contribution in [0.3, 0.4) is 0 Å². The first-order chi connectivity index (χ1) is 12.0. The Morgan fingerprint density at radius 1 is 1.36 bits per heavy atom. The number of carbonyl (C=O) groups is 1. The number of aromatic nitrogens is 2. The zero-order valence-corrected chi connectivity index (χ0v) is 14.3. The zero-order valence-electron chi connectivity index (χ0n) is 14.3. The average Bonchev–Trinajstić information content (AvgIpc) is 3.00. The van der Waals surface area contributed by atoms with Crippen molar-refractivity contribution in [1.82, 2.24) is 19.8 Å². The number of urea groups is 1. The molecule has 0 radical (unpaired) electrons. The van der Waals surface area contributed by atoms with Crippen molar-refractivity contribution < 1.29 is 14.3 Å². The van der Waals surface area contributed by atoms with Gasteiger partial charge in [0.1, 0.15) is 5.82 Å². The molecule has 1 saturated heterocycles. The Balaban J connectivity index is 1.51. The highest BCUT2D eigenvalue weighted by atomic mass is 19.1. The molecule has 1 aliphatic rings. The number of amides is 2. The molecule has 134 valence electrons. The standard InChI is InChI=1S/C18H23FN4O2/c1-22-13-20-11-15(22)12-21-17(24)23-8-6-18(25,7-9-23)10-14-4-2-3-5-16(14)19/h2-5,11,13,25H,6-10,12H2,1H3,(H,21,24). The lowest BCUT2D eigenvalue weighted by molar-refractivity contribution is -0.0122. The lowest BCUT2D eigenvalue weighted by Gasteiger charge is -2.38. The number of aliphatic hydroxyl groups is 1. The monoisotopic (exact) mass is 346 g/mol. The Bertz CT molecular complexity index is 738.